The number of carbonyl (C=O) groups excluding carboxylic acids is 1. The molecule has 2 rings (SSSR count). The Hall–Kier alpha value is -2.18. The Balaban J connectivity index is 2.09. The van der Waals surface area contributed by atoms with Crippen molar-refractivity contribution in [2.75, 3.05) is 6.26 Å². The van der Waals surface area contributed by atoms with Crippen LogP contribution >= 0.6 is 0 Å². The quantitative estimate of drug-likeness (QED) is 0.842. The zero-order valence-electron chi connectivity index (χ0n) is 12.2. The van der Waals surface area contributed by atoms with Crippen LogP contribution in [0, 0.1) is 0 Å². The van der Waals surface area contributed by atoms with Gasteiger partial charge in [-0.1, -0.05) is 42.5 Å². The highest BCUT2D eigenvalue weighted by Gasteiger charge is 2.16. The van der Waals surface area contributed by atoms with E-state index < -0.39 is 21.8 Å². The van der Waals surface area contributed by atoms with Crippen molar-refractivity contribution in [2.45, 2.75) is 17.5 Å². The molecule has 0 saturated carbocycles. The van der Waals surface area contributed by atoms with E-state index in [1.54, 1.807) is 24.3 Å². The first-order valence-electron chi connectivity index (χ1n) is 6.74. The molecule has 5 nitrogen and oxygen atoms in total. The minimum Gasteiger partial charge on any atom is -0.368 e. The Kier molecular flexibility index (Phi) is 4.95. The van der Waals surface area contributed by atoms with Gasteiger partial charge in [0.2, 0.25) is 5.91 Å². The molecule has 0 aliphatic heterocycles. The number of amides is 1. The molecule has 0 heterocycles. The van der Waals surface area contributed by atoms with Crippen molar-refractivity contribution >= 4 is 15.7 Å². The highest BCUT2D eigenvalue weighted by Crippen LogP contribution is 2.14. The van der Waals surface area contributed by atoms with Crippen molar-refractivity contribution in [3.63, 3.8) is 0 Å². The highest BCUT2D eigenvalue weighted by atomic mass is 32.2. The Morgan fingerprint density at radius 3 is 2.18 bits per heavy atom. The van der Waals surface area contributed by atoms with Crippen molar-refractivity contribution in [3.05, 3.63) is 65.7 Å². The lowest BCUT2D eigenvalue weighted by Gasteiger charge is -2.16. The largest absolute Gasteiger partial charge is 0.368 e. The third-order valence-corrected chi connectivity index (χ3v) is 4.41. The lowest BCUT2D eigenvalue weighted by Crippen LogP contribution is -2.33. The third kappa shape index (κ3) is 4.16. The summed E-state index contributed by atoms with van der Waals surface area (Å²) in [7, 11) is -3.20. The Morgan fingerprint density at radius 2 is 1.68 bits per heavy atom. The van der Waals surface area contributed by atoms with Gasteiger partial charge in [0.1, 0.15) is 6.04 Å². The maximum Gasteiger partial charge on any atom is 0.239 e. The van der Waals surface area contributed by atoms with Gasteiger partial charge < -0.3 is 5.73 Å². The van der Waals surface area contributed by atoms with E-state index in [4.69, 9.17) is 5.73 Å². The number of nitrogens with one attached hydrogen (secondary N) is 1. The van der Waals surface area contributed by atoms with E-state index in [0.717, 1.165) is 11.1 Å². The monoisotopic (exact) mass is 318 g/mol. The van der Waals surface area contributed by atoms with Gasteiger partial charge in [-0.2, -0.15) is 0 Å². The number of carbonyl (C=O) groups is 1. The summed E-state index contributed by atoms with van der Waals surface area (Å²) in [6.45, 7) is 0.409. The summed E-state index contributed by atoms with van der Waals surface area (Å²) < 4.78 is 22.8. The predicted octanol–water partition coefficient (Wildman–Crippen LogP) is 1.41. The zero-order chi connectivity index (χ0) is 16.2. The zero-order valence-corrected chi connectivity index (χ0v) is 13.0. The van der Waals surface area contributed by atoms with Gasteiger partial charge in [0.15, 0.2) is 9.84 Å². The predicted molar refractivity (Wildman–Crippen MR) is 84.8 cm³/mol. The molecule has 2 aromatic rings. The van der Waals surface area contributed by atoms with Crippen LogP contribution in [-0.2, 0) is 21.2 Å². The topological polar surface area (TPSA) is 89.3 Å². The molecule has 1 atom stereocenters. The van der Waals surface area contributed by atoms with E-state index in [1.807, 2.05) is 30.3 Å². The summed E-state index contributed by atoms with van der Waals surface area (Å²) in [5.41, 5.74) is 7.10. The first kappa shape index (κ1) is 16.2. The number of nitrogens with two attached hydrogens (primary N) is 1. The van der Waals surface area contributed by atoms with Crippen LogP contribution in [0.2, 0.25) is 0 Å². The van der Waals surface area contributed by atoms with Crippen LogP contribution in [0.1, 0.15) is 17.2 Å². The first-order chi connectivity index (χ1) is 10.4. The Bertz CT molecular complexity index is 741. The van der Waals surface area contributed by atoms with E-state index in [0.29, 0.717) is 6.54 Å². The van der Waals surface area contributed by atoms with Crippen LogP contribution in [-0.4, -0.2) is 20.6 Å². The fourth-order valence-electron chi connectivity index (χ4n) is 2.10. The molecule has 116 valence electrons. The summed E-state index contributed by atoms with van der Waals surface area (Å²) in [6.07, 6.45) is 1.17. The molecule has 1 amide bonds. The summed E-state index contributed by atoms with van der Waals surface area (Å²) in [4.78, 5) is 11.9. The van der Waals surface area contributed by atoms with Gasteiger partial charge in [0.05, 0.1) is 4.90 Å². The Labute approximate surface area is 130 Å². The molecule has 0 spiro atoms. The number of benzene rings is 2. The van der Waals surface area contributed by atoms with Crippen molar-refractivity contribution < 1.29 is 13.2 Å². The molecule has 0 aromatic heterocycles. The van der Waals surface area contributed by atoms with Gasteiger partial charge in [0, 0.05) is 12.8 Å². The van der Waals surface area contributed by atoms with Crippen LogP contribution in [0.3, 0.4) is 0 Å². The molecule has 0 aliphatic rings. The maximum absolute atomic E-state index is 11.6. The second kappa shape index (κ2) is 6.72. The average Bonchev–Trinajstić information content (AvgIpc) is 2.48. The molecular weight excluding hydrogens is 300 g/mol. The normalized spacial score (nSPS) is 12.8. The van der Waals surface area contributed by atoms with Crippen molar-refractivity contribution in [2.24, 2.45) is 5.73 Å². The molecule has 3 N–H and O–H groups in total. The Morgan fingerprint density at radius 1 is 1.09 bits per heavy atom. The van der Waals surface area contributed by atoms with Crippen molar-refractivity contribution in [1.82, 2.24) is 5.32 Å². The number of rotatable bonds is 6. The molecule has 2 aromatic carbocycles. The fourth-order valence-corrected chi connectivity index (χ4v) is 2.73. The smallest absolute Gasteiger partial charge is 0.239 e. The standard InChI is InChI=1S/C16H18N2O3S/c1-22(20,21)14-9-7-12(8-10-14)11-18-15(16(17)19)13-5-3-2-4-6-13/h2-10,15,18H,11H2,1H3,(H2,17,19)/t15-/m0/s1. The summed E-state index contributed by atoms with van der Waals surface area (Å²) >= 11 is 0. The molecule has 6 heteroatoms. The number of hydrogen-bond acceptors (Lipinski definition) is 4. The van der Waals surface area contributed by atoms with Crippen LogP contribution in [0.25, 0.3) is 0 Å². The fraction of sp³-hybridized carbons (Fsp3) is 0.188. The second-order valence-electron chi connectivity index (χ2n) is 5.04. The van der Waals surface area contributed by atoms with Crippen molar-refractivity contribution in [1.29, 1.82) is 0 Å². The van der Waals surface area contributed by atoms with Gasteiger partial charge >= 0.3 is 0 Å². The van der Waals surface area contributed by atoms with Crippen LogP contribution in [0.4, 0.5) is 0 Å². The third-order valence-electron chi connectivity index (χ3n) is 3.28. The SMILES string of the molecule is CS(=O)(=O)c1ccc(CN[C@H](C(N)=O)c2ccccc2)cc1. The molecular formula is C16H18N2O3S. The summed E-state index contributed by atoms with van der Waals surface area (Å²) in [5.74, 6) is -0.459. The summed E-state index contributed by atoms with van der Waals surface area (Å²) in [6, 6.07) is 15.1. The molecule has 0 fully saturated rings. The van der Waals surface area contributed by atoms with Crippen LogP contribution < -0.4 is 11.1 Å². The number of sulfone groups is 1. The maximum atomic E-state index is 11.6. The van der Waals surface area contributed by atoms with Gasteiger partial charge in [-0.15, -0.1) is 0 Å². The first-order valence-corrected chi connectivity index (χ1v) is 8.64. The molecule has 0 unspecified atom stereocenters. The van der Waals surface area contributed by atoms with E-state index in [-0.39, 0.29) is 4.90 Å². The van der Waals surface area contributed by atoms with E-state index in [1.165, 1.54) is 6.26 Å². The second-order valence-corrected chi connectivity index (χ2v) is 7.06. The van der Waals surface area contributed by atoms with Gasteiger partial charge in [-0.25, -0.2) is 8.42 Å². The van der Waals surface area contributed by atoms with E-state index >= 15 is 0 Å². The lowest BCUT2D eigenvalue weighted by atomic mass is 10.1. The van der Waals surface area contributed by atoms with E-state index in [2.05, 4.69) is 5.32 Å². The lowest BCUT2D eigenvalue weighted by molar-refractivity contribution is -0.120. The average molecular weight is 318 g/mol. The number of hydrogen-bond donors (Lipinski definition) is 2. The van der Waals surface area contributed by atoms with Gasteiger partial charge in [-0.3, -0.25) is 10.1 Å². The molecule has 0 bridgehead atoms. The number of primary amides is 1. The molecule has 0 saturated heterocycles. The van der Waals surface area contributed by atoms with E-state index in [9.17, 15) is 13.2 Å². The molecule has 0 aliphatic carbocycles. The van der Waals surface area contributed by atoms with Gasteiger partial charge in [-0.05, 0) is 23.3 Å². The van der Waals surface area contributed by atoms with Crippen molar-refractivity contribution in [3.8, 4) is 0 Å². The summed E-state index contributed by atoms with van der Waals surface area (Å²) in [5, 5.41) is 3.09. The van der Waals surface area contributed by atoms with Crippen LogP contribution in [0.5, 0.6) is 0 Å². The molecule has 22 heavy (non-hydrogen) atoms. The highest BCUT2D eigenvalue weighted by molar-refractivity contribution is 7.90. The minimum atomic E-state index is -3.20. The molecule has 0 radical (unpaired) electrons. The van der Waals surface area contributed by atoms with Crippen LogP contribution in [0.15, 0.2) is 59.5 Å². The van der Waals surface area contributed by atoms with Gasteiger partial charge in [0.25, 0.3) is 0 Å². The minimum absolute atomic E-state index is 0.269.